The minimum atomic E-state index is -0.763. The predicted octanol–water partition coefficient (Wildman–Crippen LogP) is 3.32. The van der Waals surface area contributed by atoms with Crippen molar-refractivity contribution in [3.05, 3.63) is 35.9 Å². The number of halogens is 1. The van der Waals surface area contributed by atoms with Gasteiger partial charge in [-0.05, 0) is 31.2 Å². The summed E-state index contributed by atoms with van der Waals surface area (Å²) in [6.45, 7) is 1.84. The molecular weight excluding hydrogens is 336 g/mol. The number of amides is 1. The smallest absolute Gasteiger partial charge is 0.240 e. The summed E-state index contributed by atoms with van der Waals surface area (Å²) in [6, 6.07) is 10.7. The second-order valence-corrected chi connectivity index (χ2v) is 7.51. The first-order valence-electron chi connectivity index (χ1n) is 9.35. The summed E-state index contributed by atoms with van der Waals surface area (Å²) in [5.74, 6) is -0.00893. The lowest BCUT2D eigenvalue weighted by Crippen LogP contribution is -2.58. The Hall–Kier alpha value is -1.10. The number of carbonyl (C=O) groups excluding carboxylic acids is 1. The average molecular weight is 367 g/mol. The highest BCUT2D eigenvalue weighted by Gasteiger charge is 2.38. The quantitative estimate of drug-likeness (QED) is 0.803. The molecule has 0 atom stereocenters. The van der Waals surface area contributed by atoms with Crippen molar-refractivity contribution in [2.24, 2.45) is 5.73 Å². The van der Waals surface area contributed by atoms with Crippen LogP contribution >= 0.6 is 12.4 Å². The van der Waals surface area contributed by atoms with E-state index in [1.165, 1.54) is 31.2 Å². The molecule has 1 aromatic rings. The van der Waals surface area contributed by atoms with E-state index in [2.05, 4.69) is 35.6 Å². The molecule has 140 valence electrons. The van der Waals surface area contributed by atoms with E-state index in [1.54, 1.807) is 0 Å². The molecule has 5 heteroatoms. The van der Waals surface area contributed by atoms with E-state index < -0.39 is 5.54 Å². The second-order valence-electron chi connectivity index (χ2n) is 7.51. The maximum atomic E-state index is 12.7. The van der Waals surface area contributed by atoms with Crippen LogP contribution in [0.4, 0.5) is 0 Å². The third-order valence-electron chi connectivity index (χ3n) is 5.87. The van der Waals surface area contributed by atoms with Gasteiger partial charge in [0.05, 0.1) is 5.54 Å². The lowest BCUT2D eigenvalue weighted by Gasteiger charge is -2.37. The highest BCUT2D eigenvalue weighted by molar-refractivity contribution is 5.86. The molecule has 1 aliphatic carbocycles. The molecule has 1 heterocycles. The third-order valence-corrected chi connectivity index (χ3v) is 5.87. The van der Waals surface area contributed by atoms with Gasteiger partial charge in [-0.25, -0.2) is 0 Å². The maximum absolute atomic E-state index is 12.7. The fraction of sp³-hybridized carbons (Fsp3) is 0.650. The normalized spacial score (nSPS) is 22.3. The molecule has 25 heavy (non-hydrogen) atoms. The van der Waals surface area contributed by atoms with E-state index in [0.717, 1.165) is 12.8 Å². The van der Waals surface area contributed by atoms with E-state index in [4.69, 9.17) is 10.5 Å². The molecule has 1 aliphatic heterocycles. The predicted molar refractivity (Wildman–Crippen MR) is 103 cm³/mol. The summed E-state index contributed by atoms with van der Waals surface area (Å²) in [5, 5.41) is 3.21. The largest absolute Gasteiger partial charge is 0.381 e. The molecule has 1 saturated heterocycles. The minimum Gasteiger partial charge on any atom is -0.381 e. The summed E-state index contributed by atoms with van der Waals surface area (Å²) in [6.07, 6.45) is 8.53. The monoisotopic (exact) mass is 366 g/mol. The molecule has 0 unspecified atom stereocenters. The highest BCUT2D eigenvalue weighted by atomic mass is 35.5. The summed E-state index contributed by atoms with van der Waals surface area (Å²) in [4.78, 5) is 12.7. The van der Waals surface area contributed by atoms with Crippen LogP contribution in [0.3, 0.4) is 0 Å². The van der Waals surface area contributed by atoms with E-state index in [0.29, 0.717) is 32.6 Å². The molecule has 2 fully saturated rings. The Morgan fingerprint density at radius 3 is 2.20 bits per heavy atom. The molecule has 0 bridgehead atoms. The van der Waals surface area contributed by atoms with Crippen LogP contribution in [-0.2, 0) is 14.9 Å². The Morgan fingerprint density at radius 2 is 1.60 bits per heavy atom. The molecule has 0 aromatic heterocycles. The summed E-state index contributed by atoms with van der Waals surface area (Å²) in [5.41, 5.74) is 6.98. The molecular formula is C20H31ClN2O2. The second kappa shape index (κ2) is 9.02. The molecule has 0 spiro atoms. The van der Waals surface area contributed by atoms with Crippen LogP contribution in [0, 0.1) is 0 Å². The molecule has 1 aromatic carbocycles. The van der Waals surface area contributed by atoms with Crippen molar-refractivity contribution in [1.82, 2.24) is 5.32 Å². The lowest BCUT2D eigenvalue weighted by molar-refractivity contribution is -0.130. The van der Waals surface area contributed by atoms with Crippen LogP contribution in [-0.4, -0.2) is 31.2 Å². The first-order valence-corrected chi connectivity index (χ1v) is 9.35. The molecule has 1 saturated carbocycles. The van der Waals surface area contributed by atoms with Crippen LogP contribution in [0.2, 0.25) is 0 Å². The Labute approximate surface area is 157 Å². The van der Waals surface area contributed by atoms with Gasteiger partial charge in [-0.3, -0.25) is 4.79 Å². The summed E-state index contributed by atoms with van der Waals surface area (Å²) in [7, 11) is 0. The van der Waals surface area contributed by atoms with Crippen molar-refractivity contribution in [3.63, 3.8) is 0 Å². The van der Waals surface area contributed by atoms with Crippen molar-refractivity contribution in [3.8, 4) is 0 Å². The topological polar surface area (TPSA) is 64.4 Å². The van der Waals surface area contributed by atoms with Gasteiger partial charge in [0, 0.05) is 25.2 Å². The van der Waals surface area contributed by atoms with Crippen molar-refractivity contribution in [1.29, 1.82) is 0 Å². The number of hydrogen-bond donors (Lipinski definition) is 2. The molecule has 4 nitrogen and oxygen atoms in total. The lowest BCUT2D eigenvalue weighted by atomic mass is 9.74. The van der Waals surface area contributed by atoms with Crippen LogP contribution in [0.25, 0.3) is 0 Å². The van der Waals surface area contributed by atoms with Gasteiger partial charge < -0.3 is 15.8 Å². The molecule has 3 N–H and O–H groups in total. The molecule has 2 aliphatic rings. The van der Waals surface area contributed by atoms with Gasteiger partial charge in [0.15, 0.2) is 0 Å². The van der Waals surface area contributed by atoms with Crippen LogP contribution < -0.4 is 11.1 Å². The number of carbonyl (C=O) groups is 1. The zero-order valence-corrected chi connectivity index (χ0v) is 15.8. The number of hydrogen-bond acceptors (Lipinski definition) is 3. The molecule has 0 radical (unpaired) electrons. The molecule has 1 amide bonds. The first kappa shape index (κ1) is 20.2. The van der Waals surface area contributed by atoms with Gasteiger partial charge in [-0.2, -0.15) is 0 Å². The van der Waals surface area contributed by atoms with Crippen molar-refractivity contribution in [2.45, 2.75) is 62.3 Å². The van der Waals surface area contributed by atoms with Crippen molar-refractivity contribution >= 4 is 18.3 Å². The third kappa shape index (κ3) is 4.75. The Kier molecular flexibility index (Phi) is 7.29. The first-order chi connectivity index (χ1) is 11.6. The summed E-state index contributed by atoms with van der Waals surface area (Å²) >= 11 is 0. The van der Waals surface area contributed by atoms with Gasteiger partial charge in [0.1, 0.15) is 0 Å². The SMILES string of the molecule is Cl.NC1(C(=O)NCC2(c3ccccc3)CCCCCC2)CCOCC1. The van der Waals surface area contributed by atoms with Gasteiger partial charge in [0.25, 0.3) is 0 Å². The fourth-order valence-corrected chi connectivity index (χ4v) is 4.15. The highest BCUT2D eigenvalue weighted by Crippen LogP contribution is 2.38. The Morgan fingerprint density at radius 1 is 1.00 bits per heavy atom. The number of benzene rings is 1. The van der Waals surface area contributed by atoms with Gasteiger partial charge >= 0.3 is 0 Å². The molecule has 3 rings (SSSR count). The van der Waals surface area contributed by atoms with Crippen LogP contribution in [0.1, 0.15) is 56.9 Å². The van der Waals surface area contributed by atoms with Crippen LogP contribution in [0.15, 0.2) is 30.3 Å². The zero-order valence-electron chi connectivity index (χ0n) is 15.0. The minimum absolute atomic E-state index is 0. The van der Waals surface area contributed by atoms with Gasteiger partial charge in [0.2, 0.25) is 5.91 Å². The van der Waals surface area contributed by atoms with E-state index in [1.807, 2.05) is 0 Å². The number of nitrogens with two attached hydrogens (primary N) is 1. The standard InChI is InChI=1S/C20H30N2O2.ClH/c21-20(12-14-24-15-13-20)18(23)22-16-19(10-6-1-2-7-11-19)17-8-4-3-5-9-17;/h3-5,8-9H,1-2,6-7,10-16,21H2,(H,22,23);1H. The van der Waals surface area contributed by atoms with Gasteiger partial charge in [-0.1, -0.05) is 56.0 Å². The van der Waals surface area contributed by atoms with E-state index in [-0.39, 0.29) is 23.7 Å². The van der Waals surface area contributed by atoms with Crippen molar-refractivity contribution in [2.75, 3.05) is 19.8 Å². The Bertz CT molecular complexity index is 536. The number of nitrogens with one attached hydrogen (secondary N) is 1. The Balaban J connectivity index is 0.00000225. The van der Waals surface area contributed by atoms with E-state index >= 15 is 0 Å². The summed E-state index contributed by atoms with van der Waals surface area (Å²) < 4.78 is 5.36. The average Bonchev–Trinajstić information content (AvgIpc) is 2.88. The van der Waals surface area contributed by atoms with E-state index in [9.17, 15) is 4.79 Å². The van der Waals surface area contributed by atoms with Crippen molar-refractivity contribution < 1.29 is 9.53 Å². The van der Waals surface area contributed by atoms with Gasteiger partial charge in [-0.15, -0.1) is 12.4 Å². The maximum Gasteiger partial charge on any atom is 0.240 e. The number of ether oxygens (including phenoxy) is 1. The van der Waals surface area contributed by atoms with Crippen LogP contribution in [0.5, 0.6) is 0 Å². The fourth-order valence-electron chi connectivity index (χ4n) is 4.15. The zero-order chi connectivity index (χ0) is 16.9. The number of rotatable bonds is 4.